The van der Waals surface area contributed by atoms with E-state index in [1.807, 2.05) is 13.8 Å². The van der Waals surface area contributed by atoms with Crippen LogP contribution in [0.5, 0.6) is 0 Å². The predicted octanol–water partition coefficient (Wildman–Crippen LogP) is 4.36. The van der Waals surface area contributed by atoms with Crippen molar-refractivity contribution >= 4 is 42.7 Å². The van der Waals surface area contributed by atoms with E-state index in [4.69, 9.17) is 4.74 Å². The van der Waals surface area contributed by atoms with E-state index in [0.29, 0.717) is 13.0 Å². The van der Waals surface area contributed by atoms with E-state index in [1.54, 1.807) is 0 Å². The maximum Gasteiger partial charge on any atom is 0.416 e. The lowest BCUT2D eigenvalue weighted by Gasteiger charge is -2.22. The van der Waals surface area contributed by atoms with Gasteiger partial charge in [0.05, 0.1) is 14.1 Å². The average molecular weight is 423 g/mol. The summed E-state index contributed by atoms with van der Waals surface area (Å²) in [5.74, 6) is 0.126. The number of hydrogen-bond acceptors (Lipinski definition) is 3. The Bertz CT molecular complexity index is 429. The number of imide groups is 1. The second-order valence-electron chi connectivity index (χ2n) is 6.96. The van der Waals surface area contributed by atoms with E-state index in [1.165, 1.54) is 8.48 Å². The normalized spacial score (nSPS) is 20.1. The van der Waals surface area contributed by atoms with Gasteiger partial charge in [0.25, 0.3) is 0 Å². The molecular formula is C15H26INO3Si. The first-order valence-corrected chi connectivity index (χ1v) is 12.1. The minimum Gasteiger partial charge on any atom is -0.447 e. The summed E-state index contributed by atoms with van der Waals surface area (Å²) in [5.41, 5.74) is 2.36. The van der Waals surface area contributed by atoms with Crippen molar-refractivity contribution in [2.45, 2.75) is 58.8 Å². The van der Waals surface area contributed by atoms with Crippen LogP contribution in [0.2, 0.25) is 19.6 Å². The Morgan fingerprint density at radius 2 is 2.05 bits per heavy atom. The van der Waals surface area contributed by atoms with Crippen LogP contribution in [0.4, 0.5) is 4.79 Å². The Kier molecular flexibility index (Phi) is 6.90. The van der Waals surface area contributed by atoms with Gasteiger partial charge in [0.1, 0.15) is 6.61 Å². The van der Waals surface area contributed by atoms with Gasteiger partial charge in [-0.3, -0.25) is 4.79 Å². The summed E-state index contributed by atoms with van der Waals surface area (Å²) >= 11 is 2.36. The van der Waals surface area contributed by atoms with Crippen LogP contribution in [0, 0.1) is 5.92 Å². The Labute approximate surface area is 142 Å². The Hall–Kier alpha value is -0.373. The molecule has 1 heterocycles. The highest BCUT2D eigenvalue weighted by molar-refractivity contribution is 14.1. The molecule has 0 spiro atoms. The lowest BCUT2D eigenvalue weighted by Crippen LogP contribution is -2.41. The summed E-state index contributed by atoms with van der Waals surface area (Å²) in [6.45, 7) is 11.2. The fraction of sp³-hybridized carbons (Fsp3) is 0.733. The number of carbonyl (C=O) groups excluding carboxylic acids is 2. The van der Waals surface area contributed by atoms with Crippen LogP contribution in [0.1, 0.15) is 33.1 Å². The molecule has 1 atom stereocenters. The van der Waals surface area contributed by atoms with Gasteiger partial charge in [0.15, 0.2) is 0 Å². The van der Waals surface area contributed by atoms with Gasteiger partial charge in [-0.2, -0.15) is 0 Å². The molecule has 120 valence electrons. The van der Waals surface area contributed by atoms with Gasteiger partial charge in [0, 0.05) is 6.42 Å². The van der Waals surface area contributed by atoms with Gasteiger partial charge in [-0.15, -0.1) is 0 Å². The molecule has 0 aromatic carbocycles. The highest BCUT2D eigenvalue weighted by Gasteiger charge is 2.38. The van der Waals surface area contributed by atoms with E-state index in [9.17, 15) is 9.59 Å². The summed E-state index contributed by atoms with van der Waals surface area (Å²) in [6, 6.07) is -0.110. The van der Waals surface area contributed by atoms with Crippen LogP contribution in [0.25, 0.3) is 0 Å². The highest BCUT2D eigenvalue weighted by Crippen LogP contribution is 2.23. The maximum absolute atomic E-state index is 12.2. The van der Waals surface area contributed by atoms with Crippen LogP contribution in [-0.2, 0) is 9.53 Å². The van der Waals surface area contributed by atoms with E-state index in [0.717, 1.165) is 12.8 Å². The smallest absolute Gasteiger partial charge is 0.416 e. The number of carbonyl (C=O) groups is 2. The van der Waals surface area contributed by atoms with E-state index in [2.05, 4.69) is 47.9 Å². The molecule has 1 fully saturated rings. The number of allylic oxidation sites excluding steroid dienone is 1. The molecule has 0 aromatic heterocycles. The van der Waals surface area contributed by atoms with Crippen molar-refractivity contribution in [2.75, 3.05) is 6.61 Å². The Morgan fingerprint density at radius 3 is 2.57 bits per heavy atom. The van der Waals surface area contributed by atoms with Gasteiger partial charge in [-0.1, -0.05) is 39.2 Å². The van der Waals surface area contributed by atoms with Crippen molar-refractivity contribution in [1.82, 2.24) is 4.90 Å². The minimum absolute atomic E-state index is 0.103. The molecule has 0 saturated carbocycles. The van der Waals surface area contributed by atoms with Gasteiger partial charge >= 0.3 is 6.09 Å². The molecule has 0 bridgehead atoms. The van der Waals surface area contributed by atoms with Gasteiger partial charge in [-0.25, -0.2) is 9.69 Å². The molecule has 0 radical (unpaired) electrons. The number of rotatable bonds is 6. The summed E-state index contributed by atoms with van der Waals surface area (Å²) in [4.78, 5) is 25.3. The second kappa shape index (κ2) is 7.76. The van der Waals surface area contributed by atoms with Crippen LogP contribution >= 0.6 is 22.6 Å². The largest absolute Gasteiger partial charge is 0.447 e. The number of hydrogen-bond donors (Lipinski definition) is 0. The SMILES string of the molecule is CC(C)[C@H]1COC(=O)N1C(=O)CCC/C(I)=C/[Si](C)(C)C. The summed E-state index contributed by atoms with van der Waals surface area (Å²) in [5, 5.41) is 0. The zero-order chi connectivity index (χ0) is 16.2. The Balaban J connectivity index is 2.50. The Morgan fingerprint density at radius 1 is 1.43 bits per heavy atom. The zero-order valence-electron chi connectivity index (χ0n) is 13.6. The molecule has 0 unspecified atom stereocenters. The summed E-state index contributed by atoms with van der Waals surface area (Å²) < 4.78 is 6.34. The number of halogens is 1. The van der Waals surface area contributed by atoms with Gasteiger partial charge in [-0.05, 0) is 44.9 Å². The van der Waals surface area contributed by atoms with E-state index >= 15 is 0 Å². The first-order chi connectivity index (χ1) is 9.61. The average Bonchev–Trinajstić information content (AvgIpc) is 2.68. The van der Waals surface area contributed by atoms with Crippen molar-refractivity contribution in [3.8, 4) is 0 Å². The molecule has 0 aliphatic carbocycles. The lowest BCUT2D eigenvalue weighted by molar-refractivity contribution is -0.129. The molecule has 1 rings (SSSR count). The van der Waals surface area contributed by atoms with E-state index < -0.39 is 14.2 Å². The molecule has 1 aliphatic rings. The molecule has 0 aromatic rings. The summed E-state index contributed by atoms with van der Waals surface area (Å²) in [7, 11) is -1.20. The van der Waals surface area contributed by atoms with E-state index in [-0.39, 0.29) is 17.9 Å². The maximum atomic E-state index is 12.2. The molecule has 1 aliphatic heterocycles. The zero-order valence-corrected chi connectivity index (χ0v) is 16.8. The van der Waals surface area contributed by atoms with Crippen molar-refractivity contribution in [1.29, 1.82) is 0 Å². The molecule has 21 heavy (non-hydrogen) atoms. The van der Waals surface area contributed by atoms with Gasteiger partial charge < -0.3 is 4.74 Å². The van der Waals surface area contributed by atoms with Crippen molar-refractivity contribution in [3.63, 3.8) is 0 Å². The first-order valence-electron chi connectivity index (χ1n) is 7.48. The molecule has 6 heteroatoms. The molecule has 2 amide bonds. The van der Waals surface area contributed by atoms with Crippen molar-refractivity contribution in [3.05, 3.63) is 9.28 Å². The monoisotopic (exact) mass is 423 g/mol. The third-order valence-corrected chi connectivity index (χ3v) is 5.99. The number of nitrogens with zero attached hydrogens (tertiary/aromatic N) is 1. The number of amides is 2. The van der Waals surface area contributed by atoms with Crippen LogP contribution in [0.15, 0.2) is 9.28 Å². The lowest BCUT2D eigenvalue weighted by atomic mass is 10.0. The fourth-order valence-electron chi connectivity index (χ4n) is 2.28. The highest BCUT2D eigenvalue weighted by atomic mass is 127. The molecular weight excluding hydrogens is 397 g/mol. The standard InChI is InChI=1S/C15H26INO3Si/c1-11(2)13-9-20-15(19)17(13)14(18)8-6-7-12(16)10-21(3,4)5/h10-11,13H,6-9H2,1-5H3/b12-10-/t13-/m1/s1. The number of ether oxygens (including phenoxy) is 1. The fourth-order valence-corrected chi connectivity index (χ4v) is 6.55. The second-order valence-corrected chi connectivity index (χ2v) is 13.4. The molecule has 0 N–H and O–H groups in total. The third kappa shape index (κ3) is 6.10. The molecule has 4 nitrogen and oxygen atoms in total. The van der Waals surface area contributed by atoms with Crippen molar-refractivity contribution < 1.29 is 14.3 Å². The minimum atomic E-state index is -1.20. The van der Waals surface area contributed by atoms with Crippen LogP contribution in [-0.4, -0.2) is 37.6 Å². The first kappa shape index (κ1) is 18.7. The topological polar surface area (TPSA) is 46.6 Å². The van der Waals surface area contributed by atoms with Crippen molar-refractivity contribution in [2.24, 2.45) is 5.92 Å². The molecule has 1 saturated heterocycles. The summed E-state index contributed by atoms with van der Waals surface area (Å²) in [6.07, 6.45) is 1.62. The van der Waals surface area contributed by atoms with Crippen LogP contribution in [0.3, 0.4) is 0 Å². The third-order valence-electron chi connectivity index (χ3n) is 3.34. The number of cyclic esters (lactones) is 1. The predicted molar refractivity (Wildman–Crippen MR) is 96.1 cm³/mol. The quantitative estimate of drug-likeness (QED) is 0.471. The van der Waals surface area contributed by atoms with Crippen LogP contribution < -0.4 is 0 Å². The van der Waals surface area contributed by atoms with Gasteiger partial charge in [0.2, 0.25) is 5.91 Å².